The second kappa shape index (κ2) is 11.4. The molecular formula is C21H35NO6S3. The van der Waals surface area contributed by atoms with Gasteiger partial charge in [0.1, 0.15) is 11.6 Å². The lowest BCUT2D eigenvalue weighted by molar-refractivity contribution is -0.169. The Hall–Kier alpha value is -0.740. The second-order valence-corrected chi connectivity index (χ2v) is 13.7. The van der Waals surface area contributed by atoms with Gasteiger partial charge in [-0.1, -0.05) is 28.0 Å². The third-order valence-corrected chi connectivity index (χ3v) is 9.24. The summed E-state index contributed by atoms with van der Waals surface area (Å²) >= 11 is 1.48. The zero-order valence-corrected chi connectivity index (χ0v) is 21.8. The molecule has 7 nitrogen and oxygen atoms in total. The lowest BCUT2D eigenvalue weighted by Crippen LogP contribution is -2.51. The number of unbranched alkanes of at least 4 members (excludes halogenated alkanes) is 1. The van der Waals surface area contributed by atoms with E-state index in [1.807, 2.05) is 35.4 Å². The van der Waals surface area contributed by atoms with Crippen molar-refractivity contribution in [3.8, 4) is 0 Å². The number of esters is 2. The molecule has 0 saturated carbocycles. The molecule has 0 bridgehead atoms. The molecule has 10 heteroatoms. The van der Waals surface area contributed by atoms with E-state index >= 15 is 0 Å². The van der Waals surface area contributed by atoms with Gasteiger partial charge in [-0.3, -0.25) is 9.69 Å². The first kappa shape index (κ1) is 26.5. The van der Waals surface area contributed by atoms with E-state index in [0.29, 0.717) is 17.5 Å². The van der Waals surface area contributed by atoms with Crippen LogP contribution >= 0.6 is 33.3 Å². The van der Waals surface area contributed by atoms with Crippen LogP contribution in [0.5, 0.6) is 0 Å². The first-order chi connectivity index (χ1) is 14.4. The topological polar surface area (TPSA) is 82.1 Å². The number of carbonyl (C=O) groups excluding carboxylic acids is 3. The SMILES string of the molecule is CC(OC(=O)CCCC[C@@H]1CCSS1)OC(=O)N1CSC(C)(C)[C@@H]1C(=O)OC(C)(C)C. The quantitative estimate of drug-likeness (QED) is 0.195. The van der Waals surface area contributed by atoms with Crippen molar-refractivity contribution in [2.45, 2.75) is 102 Å². The van der Waals surface area contributed by atoms with Crippen LogP contribution in [0.3, 0.4) is 0 Å². The Labute approximate surface area is 197 Å². The summed E-state index contributed by atoms with van der Waals surface area (Å²) in [5.41, 5.74) is -0.659. The summed E-state index contributed by atoms with van der Waals surface area (Å²) in [6.07, 6.45) is 2.70. The summed E-state index contributed by atoms with van der Waals surface area (Å²) in [6, 6.07) is -0.779. The number of hydrogen-bond donors (Lipinski definition) is 0. The molecule has 2 heterocycles. The van der Waals surface area contributed by atoms with E-state index in [1.165, 1.54) is 35.8 Å². The highest BCUT2D eigenvalue weighted by molar-refractivity contribution is 8.77. The van der Waals surface area contributed by atoms with E-state index in [1.54, 1.807) is 20.8 Å². The minimum atomic E-state index is -1.02. The molecule has 2 aliphatic rings. The average Bonchev–Trinajstić information content (AvgIpc) is 3.24. The smallest absolute Gasteiger partial charge is 0.414 e. The predicted molar refractivity (Wildman–Crippen MR) is 127 cm³/mol. The van der Waals surface area contributed by atoms with Crippen LogP contribution in [-0.4, -0.2) is 62.5 Å². The molecule has 0 N–H and O–H groups in total. The number of hydrogen-bond acceptors (Lipinski definition) is 9. The minimum absolute atomic E-state index is 0.299. The molecule has 0 aromatic carbocycles. The van der Waals surface area contributed by atoms with Gasteiger partial charge in [0.2, 0.25) is 6.29 Å². The van der Waals surface area contributed by atoms with Gasteiger partial charge in [0.15, 0.2) is 0 Å². The number of carbonyl (C=O) groups is 3. The molecular weight excluding hydrogens is 458 g/mol. The molecule has 0 spiro atoms. The maximum absolute atomic E-state index is 12.7. The highest BCUT2D eigenvalue weighted by Crippen LogP contribution is 2.41. The molecule has 1 unspecified atom stereocenters. The Morgan fingerprint density at radius 3 is 2.48 bits per heavy atom. The van der Waals surface area contributed by atoms with Crippen LogP contribution in [0.15, 0.2) is 0 Å². The Morgan fingerprint density at radius 1 is 1.16 bits per heavy atom. The van der Waals surface area contributed by atoms with Gasteiger partial charge in [-0.15, -0.1) is 11.8 Å². The first-order valence-electron chi connectivity index (χ1n) is 10.7. The van der Waals surface area contributed by atoms with Gasteiger partial charge in [0, 0.05) is 29.1 Å². The van der Waals surface area contributed by atoms with Crippen LogP contribution in [0, 0.1) is 0 Å². The van der Waals surface area contributed by atoms with Crippen LogP contribution in [0.4, 0.5) is 4.79 Å². The number of nitrogens with zero attached hydrogens (tertiary/aromatic N) is 1. The van der Waals surface area contributed by atoms with Crippen LogP contribution in [0.1, 0.15) is 73.6 Å². The van der Waals surface area contributed by atoms with E-state index in [2.05, 4.69) is 0 Å². The van der Waals surface area contributed by atoms with Gasteiger partial charge in [-0.05, 0) is 53.9 Å². The van der Waals surface area contributed by atoms with Crippen molar-refractivity contribution in [3.05, 3.63) is 0 Å². The summed E-state index contributed by atoms with van der Waals surface area (Å²) in [5.74, 6) is 0.659. The third kappa shape index (κ3) is 8.61. The van der Waals surface area contributed by atoms with E-state index in [4.69, 9.17) is 14.2 Å². The van der Waals surface area contributed by atoms with E-state index < -0.39 is 34.7 Å². The number of rotatable bonds is 8. The molecule has 0 aliphatic carbocycles. The summed E-state index contributed by atoms with van der Waals surface area (Å²) in [5, 5.41) is 0.696. The van der Waals surface area contributed by atoms with Crippen LogP contribution < -0.4 is 0 Å². The third-order valence-electron chi connectivity index (χ3n) is 4.86. The summed E-state index contributed by atoms with van der Waals surface area (Å²) in [6.45, 7) is 10.7. The molecule has 2 fully saturated rings. The normalized spacial score (nSPS) is 24.0. The van der Waals surface area contributed by atoms with Gasteiger partial charge >= 0.3 is 18.0 Å². The van der Waals surface area contributed by atoms with Crippen LogP contribution in [0.2, 0.25) is 0 Å². The Balaban J connectivity index is 1.79. The van der Waals surface area contributed by atoms with Crippen molar-refractivity contribution >= 4 is 51.4 Å². The van der Waals surface area contributed by atoms with Crippen molar-refractivity contribution in [2.24, 2.45) is 0 Å². The zero-order chi connectivity index (χ0) is 23.2. The molecule has 0 radical (unpaired) electrons. The number of amides is 1. The van der Waals surface area contributed by atoms with E-state index in [-0.39, 0.29) is 5.97 Å². The molecule has 1 amide bonds. The first-order valence-corrected chi connectivity index (χ1v) is 14.1. The zero-order valence-electron chi connectivity index (χ0n) is 19.3. The molecule has 0 aromatic rings. The standard InChI is InChI=1S/C21H35NO6S3/c1-14(26-16(23)10-8-7-9-15-11-12-30-31-15)27-19(25)22-13-29-21(5,6)17(22)18(24)28-20(2,3)4/h14-15,17H,7-13H2,1-6H3/t14?,15-,17+/m1/s1. The highest BCUT2D eigenvalue weighted by atomic mass is 33.1. The van der Waals surface area contributed by atoms with Gasteiger partial charge < -0.3 is 14.2 Å². The van der Waals surface area contributed by atoms with Crippen molar-refractivity contribution in [3.63, 3.8) is 0 Å². The fourth-order valence-corrected chi connectivity index (χ4v) is 7.51. The molecule has 178 valence electrons. The number of thioether (sulfide) groups is 1. The molecule has 0 aromatic heterocycles. The van der Waals surface area contributed by atoms with Crippen molar-refractivity contribution < 1.29 is 28.6 Å². The predicted octanol–water partition coefficient (Wildman–Crippen LogP) is 5.22. The summed E-state index contributed by atoms with van der Waals surface area (Å²) in [4.78, 5) is 38.8. The minimum Gasteiger partial charge on any atom is -0.458 e. The van der Waals surface area contributed by atoms with Crippen molar-refractivity contribution in [2.75, 3.05) is 11.6 Å². The van der Waals surface area contributed by atoms with Gasteiger partial charge in [0.05, 0.1) is 5.88 Å². The second-order valence-electron chi connectivity index (χ2n) is 9.30. The monoisotopic (exact) mass is 493 g/mol. The van der Waals surface area contributed by atoms with Crippen LogP contribution in [0.25, 0.3) is 0 Å². The fourth-order valence-electron chi connectivity index (χ4n) is 3.38. The number of ether oxygens (including phenoxy) is 3. The lowest BCUT2D eigenvalue weighted by Gasteiger charge is -2.32. The van der Waals surface area contributed by atoms with E-state index in [0.717, 1.165) is 19.3 Å². The summed E-state index contributed by atoms with van der Waals surface area (Å²) < 4.78 is 15.5. The average molecular weight is 494 g/mol. The van der Waals surface area contributed by atoms with Gasteiger partial charge in [-0.25, -0.2) is 9.59 Å². The maximum atomic E-state index is 12.7. The summed E-state index contributed by atoms with van der Waals surface area (Å²) in [7, 11) is 3.86. The van der Waals surface area contributed by atoms with Gasteiger partial charge in [-0.2, -0.15) is 0 Å². The molecule has 31 heavy (non-hydrogen) atoms. The van der Waals surface area contributed by atoms with Gasteiger partial charge in [0.25, 0.3) is 0 Å². The lowest BCUT2D eigenvalue weighted by atomic mass is 10.0. The van der Waals surface area contributed by atoms with Crippen LogP contribution in [-0.2, 0) is 23.8 Å². The fraction of sp³-hybridized carbons (Fsp3) is 0.857. The molecule has 2 aliphatic heterocycles. The largest absolute Gasteiger partial charge is 0.458 e. The molecule has 3 atom stereocenters. The van der Waals surface area contributed by atoms with E-state index in [9.17, 15) is 14.4 Å². The Morgan fingerprint density at radius 2 is 1.87 bits per heavy atom. The Kier molecular flexibility index (Phi) is 9.76. The molecule has 2 rings (SSSR count). The van der Waals surface area contributed by atoms with Crippen molar-refractivity contribution in [1.29, 1.82) is 0 Å². The Bertz CT molecular complexity index is 646. The highest BCUT2D eigenvalue weighted by Gasteiger charge is 2.50. The van der Waals surface area contributed by atoms with Crippen molar-refractivity contribution in [1.82, 2.24) is 4.90 Å². The molecule has 2 saturated heterocycles. The maximum Gasteiger partial charge on any atom is 0.414 e.